The number of hydrogen-bond acceptors (Lipinski definition) is 3. The lowest BCUT2D eigenvalue weighted by Crippen LogP contribution is -2.60. The summed E-state index contributed by atoms with van der Waals surface area (Å²) in [5.74, 6) is 0.629. The lowest BCUT2D eigenvalue weighted by atomic mass is 9.83. The van der Waals surface area contributed by atoms with Crippen LogP contribution in [0.4, 0.5) is 0 Å². The van der Waals surface area contributed by atoms with Crippen LogP contribution >= 0.6 is 0 Å². The second kappa shape index (κ2) is 7.61. The van der Waals surface area contributed by atoms with Gasteiger partial charge in [-0.25, -0.2) is 0 Å². The van der Waals surface area contributed by atoms with Crippen molar-refractivity contribution in [1.29, 1.82) is 0 Å². The van der Waals surface area contributed by atoms with Crippen LogP contribution in [0.3, 0.4) is 0 Å². The fourth-order valence-corrected chi connectivity index (χ4v) is 2.76. The van der Waals surface area contributed by atoms with E-state index in [1.807, 2.05) is 0 Å². The van der Waals surface area contributed by atoms with E-state index in [0.717, 1.165) is 32.8 Å². The topological polar surface area (TPSA) is 24.5 Å². The zero-order chi connectivity index (χ0) is 14.5. The van der Waals surface area contributed by atoms with Crippen molar-refractivity contribution in [3.05, 3.63) is 0 Å². The molecule has 2 atom stereocenters. The van der Waals surface area contributed by atoms with E-state index in [0.29, 0.717) is 23.4 Å². The second-order valence-corrected chi connectivity index (χ2v) is 7.36. The van der Waals surface area contributed by atoms with Crippen LogP contribution in [0.2, 0.25) is 0 Å². The highest BCUT2D eigenvalue weighted by Gasteiger charge is 2.34. The van der Waals surface area contributed by atoms with E-state index in [2.05, 4.69) is 51.8 Å². The monoisotopic (exact) mass is 270 g/mol. The quantitative estimate of drug-likeness (QED) is 0.751. The number of nitrogens with zero attached hydrogens (tertiary/aromatic N) is 1. The Hall–Kier alpha value is -0.120. The Labute approximate surface area is 120 Å². The van der Waals surface area contributed by atoms with Crippen molar-refractivity contribution in [3.8, 4) is 0 Å². The van der Waals surface area contributed by atoms with E-state index >= 15 is 0 Å². The Morgan fingerprint density at radius 2 is 2.00 bits per heavy atom. The van der Waals surface area contributed by atoms with Crippen LogP contribution in [0.5, 0.6) is 0 Å². The van der Waals surface area contributed by atoms with E-state index in [1.165, 1.54) is 6.42 Å². The Morgan fingerprint density at radius 1 is 1.32 bits per heavy atom. The molecule has 3 nitrogen and oxygen atoms in total. The number of piperazine rings is 1. The molecule has 0 aromatic heterocycles. The van der Waals surface area contributed by atoms with Crippen LogP contribution < -0.4 is 5.32 Å². The average molecular weight is 270 g/mol. The molecule has 2 unspecified atom stereocenters. The molecule has 0 amide bonds. The Balaban J connectivity index is 2.47. The highest BCUT2D eigenvalue weighted by atomic mass is 16.5. The molecule has 0 spiro atoms. The molecule has 1 fully saturated rings. The molecule has 19 heavy (non-hydrogen) atoms. The summed E-state index contributed by atoms with van der Waals surface area (Å²) in [6.07, 6.45) is 1.21. The van der Waals surface area contributed by atoms with Gasteiger partial charge in [0.2, 0.25) is 0 Å². The number of hydrogen-bond donors (Lipinski definition) is 1. The first kappa shape index (κ1) is 16.9. The van der Waals surface area contributed by atoms with E-state index in [1.54, 1.807) is 0 Å². The molecule has 3 heteroatoms. The van der Waals surface area contributed by atoms with E-state index in [-0.39, 0.29) is 0 Å². The lowest BCUT2D eigenvalue weighted by Gasteiger charge is -2.46. The van der Waals surface area contributed by atoms with Gasteiger partial charge in [-0.15, -0.1) is 0 Å². The van der Waals surface area contributed by atoms with Crippen molar-refractivity contribution in [2.24, 2.45) is 11.3 Å². The molecule has 1 rings (SSSR count). The van der Waals surface area contributed by atoms with Gasteiger partial charge in [0, 0.05) is 38.3 Å². The Morgan fingerprint density at radius 3 is 2.53 bits per heavy atom. The predicted molar refractivity (Wildman–Crippen MR) is 82.6 cm³/mol. The third-order valence-corrected chi connectivity index (χ3v) is 3.96. The maximum atomic E-state index is 5.77. The van der Waals surface area contributed by atoms with Gasteiger partial charge in [-0.2, -0.15) is 0 Å². The molecule has 0 aromatic carbocycles. The summed E-state index contributed by atoms with van der Waals surface area (Å²) in [7, 11) is 0. The lowest BCUT2D eigenvalue weighted by molar-refractivity contribution is 0.0196. The van der Waals surface area contributed by atoms with Crippen molar-refractivity contribution in [2.45, 2.75) is 60.0 Å². The maximum absolute atomic E-state index is 5.77. The van der Waals surface area contributed by atoms with Crippen LogP contribution in [-0.2, 0) is 4.74 Å². The summed E-state index contributed by atoms with van der Waals surface area (Å²) in [6.45, 7) is 18.8. The first-order valence-corrected chi connectivity index (χ1v) is 7.89. The Bertz CT molecular complexity index is 248. The van der Waals surface area contributed by atoms with Crippen molar-refractivity contribution in [2.75, 3.05) is 32.8 Å². The SMILES string of the molecule is CCC1CN(CCOCC(C)C)C(C(C)(C)C)CN1. The minimum atomic E-state index is 0.323. The van der Waals surface area contributed by atoms with Gasteiger partial charge >= 0.3 is 0 Å². The van der Waals surface area contributed by atoms with Crippen LogP contribution in [0.25, 0.3) is 0 Å². The minimum Gasteiger partial charge on any atom is -0.380 e. The summed E-state index contributed by atoms with van der Waals surface area (Å²) >= 11 is 0. The van der Waals surface area contributed by atoms with E-state index in [4.69, 9.17) is 4.74 Å². The third kappa shape index (κ3) is 5.80. The summed E-state index contributed by atoms with van der Waals surface area (Å²) in [5, 5.41) is 3.68. The third-order valence-electron chi connectivity index (χ3n) is 3.96. The van der Waals surface area contributed by atoms with Gasteiger partial charge in [0.1, 0.15) is 0 Å². The molecule has 0 aliphatic carbocycles. The fourth-order valence-electron chi connectivity index (χ4n) is 2.76. The smallest absolute Gasteiger partial charge is 0.0593 e. The highest BCUT2D eigenvalue weighted by molar-refractivity contribution is 4.91. The summed E-state index contributed by atoms with van der Waals surface area (Å²) in [5.41, 5.74) is 0.323. The van der Waals surface area contributed by atoms with Gasteiger partial charge in [0.05, 0.1) is 6.61 Å². The average Bonchev–Trinajstić information content (AvgIpc) is 2.32. The normalized spacial score (nSPS) is 26.1. The summed E-state index contributed by atoms with van der Waals surface area (Å²) < 4.78 is 5.77. The van der Waals surface area contributed by atoms with Crippen molar-refractivity contribution in [1.82, 2.24) is 10.2 Å². The molecule has 1 aliphatic rings. The Kier molecular flexibility index (Phi) is 6.78. The van der Waals surface area contributed by atoms with Gasteiger partial charge in [-0.05, 0) is 17.8 Å². The van der Waals surface area contributed by atoms with Crippen LogP contribution in [0.1, 0.15) is 48.0 Å². The predicted octanol–water partition coefficient (Wildman–Crippen LogP) is 2.76. The first-order chi connectivity index (χ1) is 8.84. The van der Waals surface area contributed by atoms with Gasteiger partial charge in [-0.3, -0.25) is 4.90 Å². The molecule has 0 aromatic rings. The largest absolute Gasteiger partial charge is 0.380 e. The molecule has 0 radical (unpaired) electrons. The number of nitrogens with one attached hydrogen (secondary N) is 1. The molecule has 0 bridgehead atoms. The molecule has 1 saturated heterocycles. The molecule has 0 saturated carbocycles. The number of ether oxygens (including phenoxy) is 1. The standard InChI is InChI=1S/C16H34N2O/c1-7-14-11-18(8-9-19-12-13(2)3)15(10-17-14)16(4,5)6/h13-15,17H,7-12H2,1-6H3. The zero-order valence-electron chi connectivity index (χ0n) is 13.8. The zero-order valence-corrected chi connectivity index (χ0v) is 13.8. The summed E-state index contributed by atoms with van der Waals surface area (Å²) in [4.78, 5) is 2.63. The van der Waals surface area contributed by atoms with Crippen molar-refractivity contribution < 1.29 is 4.74 Å². The second-order valence-electron chi connectivity index (χ2n) is 7.36. The molecular formula is C16H34N2O. The first-order valence-electron chi connectivity index (χ1n) is 7.89. The van der Waals surface area contributed by atoms with Crippen LogP contribution in [0, 0.1) is 11.3 Å². The van der Waals surface area contributed by atoms with Gasteiger partial charge < -0.3 is 10.1 Å². The van der Waals surface area contributed by atoms with Gasteiger partial charge in [-0.1, -0.05) is 41.5 Å². The van der Waals surface area contributed by atoms with Gasteiger partial charge in [0.25, 0.3) is 0 Å². The van der Waals surface area contributed by atoms with E-state index < -0.39 is 0 Å². The van der Waals surface area contributed by atoms with Gasteiger partial charge in [0.15, 0.2) is 0 Å². The molecule has 1 N–H and O–H groups in total. The molecule has 114 valence electrons. The minimum absolute atomic E-state index is 0.323. The molecule has 1 heterocycles. The highest BCUT2D eigenvalue weighted by Crippen LogP contribution is 2.26. The number of rotatable bonds is 6. The van der Waals surface area contributed by atoms with Crippen LogP contribution in [0.15, 0.2) is 0 Å². The fraction of sp³-hybridized carbons (Fsp3) is 1.00. The van der Waals surface area contributed by atoms with Crippen LogP contribution in [-0.4, -0.2) is 49.8 Å². The maximum Gasteiger partial charge on any atom is 0.0593 e. The van der Waals surface area contributed by atoms with Crippen molar-refractivity contribution >= 4 is 0 Å². The molecular weight excluding hydrogens is 236 g/mol. The summed E-state index contributed by atoms with van der Waals surface area (Å²) in [6, 6.07) is 1.25. The van der Waals surface area contributed by atoms with Crippen molar-refractivity contribution in [3.63, 3.8) is 0 Å². The molecule has 1 aliphatic heterocycles. The van der Waals surface area contributed by atoms with E-state index in [9.17, 15) is 0 Å².